The van der Waals surface area contributed by atoms with Crippen molar-refractivity contribution in [3.63, 3.8) is 0 Å². The van der Waals surface area contributed by atoms with Crippen LogP contribution in [0.25, 0.3) is 0 Å². The number of rotatable bonds is 5. The highest BCUT2D eigenvalue weighted by Gasteiger charge is 2.47. The molecule has 0 spiro atoms. The minimum atomic E-state index is -3.83. The third-order valence-corrected chi connectivity index (χ3v) is 7.88. The zero-order valence-electron chi connectivity index (χ0n) is 19.3. The van der Waals surface area contributed by atoms with Gasteiger partial charge in [-0.15, -0.1) is 0 Å². The first-order chi connectivity index (χ1) is 15.7. The molecule has 3 aromatic carbocycles. The Labute approximate surface area is 196 Å². The van der Waals surface area contributed by atoms with Crippen LogP contribution in [0.1, 0.15) is 34.6 Å². The number of aryl methyl sites for hydroxylation is 1. The number of sulfonamides is 1. The van der Waals surface area contributed by atoms with Crippen LogP contribution in [-0.2, 0) is 10.0 Å². The SMILES string of the molecule is Cc1ccc(S(=O)(=O)N2C[C@@H](C)N(C(=O)c3ccccc3)[C@@H]2c2ccc(N(C)C)cc2)cc1. The average molecular weight is 464 g/mol. The standard InChI is InChI=1S/C26H29N3O3S/c1-19-10-16-24(17-11-19)33(31,32)28-18-20(2)29(26(30)22-8-6-5-7-9-22)25(28)21-12-14-23(15-13-21)27(3)4/h5-17,20,25H,18H2,1-4H3/t20-,25-/m1/s1. The number of carbonyl (C=O) groups is 1. The largest absolute Gasteiger partial charge is 0.378 e. The van der Waals surface area contributed by atoms with Gasteiger partial charge in [-0.3, -0.25) is 4.79 Å². The fourth-order valence-electron chi connectivity index (χ4n) is 4.22. The molecule has 1 saturated heterocycles. The van der Waals surface area contributed by atoms with E-state index >= 15 is 0 Å². The third-order valence-electron chi connectivity index (χ3n) is 6.05. The molecule has 0 N–H and O–H groups in total. The summed E-state index contributed by atoms with van der Waals surface area (Å²) >= 11 is 0. The first-order valence-corrected chi connectivity index (χ1v) is 12.4. The molecular formula is C26H29N3O3S. The second-order valence-corrected chi connectivity index (χ2v) is 10.6. The molecular weight excluding hydrogens is 434 g/mol. The lowest BCUT2D eigenvalue weighted by atomic mass is 10.1. The van der Waals surface area contributed by atoms with Crippen molar-refractivity contribution in [2.75, 3.05) is 25.5 Å². The number of hydrogen-bond donors (Lipinski definition) is 0. The van der Waals surface area contributed by atoms with Gasteiger partial charge in [0, 0.05) is 37.9 Å². The van der Waals surface area contributed by atoms with Crippen LogP contribution in [0, 0.1) is 6.92 Å². The molecule has 1 aliphatic rings. The van der Waals surface area contributed by atoms with Crippen LogP contribution in [0.4, 0.5) is 5.69 Å². The van der Waals surface area contributed by atoms with Gasteiger partial charge < -0.3 is 9.80 Å². The highest BCUT2D eigenvalue weighted by Crippen LogP contribution is 2.39. The van der Waals surface area contributed by atoms with Crippen molar-refractivity contribution in [1.29, 1.82) is 0 Å². The fraction of sp³-hybridized carbons (Fsp3) is 0.269. The van der Waals surface area contributed by atoms with Crippen molar-refractivity contribution in [2.45, 2.75) is 31.0 Å². The molecule has 6 nitrogen and oxygen atoms in total. The monoisotopic (exact) mass is 463 g/mol. The van der Waals surface area contributed by atoms with Crippen LogP contribution in [0.2, 0.25) is 0 Å². The lowest BCUT2D eigenvalue weighted by Crippen LogP contribution is -2.39. The van der Waals surface area contributed by atoms with Crippen molar-refractivity contribution < 1.29 is 13.2 Å². The molecule has 7 heteroatoms. The van der Waals surface area contributed by atoms with E-state index in [4.69, 9.17) is 0 Å². The van der Waals surface area contributed by atoms with E-state index in [1.165, 1.54) is 4.31 Å². The molecule has 2 atom stereocenters. The summed E-state index contributed by atoms with van der Waals surface area (Å²) in [6.45, 7) is 4.03. The molecule has 0 radical (unpaired) electrons. The highest BCUT2D eigenvalue weighted by molar-refractivity contribution is 7.89. The number of carbonyl (C=O) groups excluding carboxylic acids is 1. The van der Waals surface area contributed by atoms with Crippen molar-refractivity contribution in [3.05, 3.63) is 95.6 Å². The smallest absolute Gasteiger partial charge is 0.255 e. The number of nitrogens with zero attached hydrogens (tertiary/aromatic N) is 3. The molecule has 1 aliphatic heterocycles. The molecule has 33 heavy (non-hydrogen) atoms. The molecule has 0 aromatic heterocycles. The average Bonchev–Trinajstić information content (AvgIpc) is 3.17. The van der Waals surface area contributed by atoms with Crippen molar-refractivity contribution in [1.82, 2.24) is 9.21 Å². The van der Waals surface area contributed by atoms with Gasteiger partial charge in [0.1, 0.15) is 6.17 Å². The Bertz CT molecular complexity index is 1220. The normalized spacial score (nSPS) is 19.0. The second-order valence-electron chi connectivity index (χ2n) is 8.67. The summed E-state index contributed by atoms with van der Waals surface area (Å²) in [5, 5.41) is 0. The molecule has 0 saturated carbocycles. The van der Waals surface area contributed by atoms with E-state index in [-0.39, 0.29) is 23.4 Å². The Morgan fingerprint density at radius 3 is 2.09 bits per heavy atom. The van der Waals surface area contributed by atoms with Gasteiger partial charge in [-0.25, -0.2) is 8.42 Å². The molecule has 4 rings (SSSR count). The first kappa shape index (κ1) is 23.0. The summed E-state index contributed by atoms with van der Waals surface area (Å²) in [5.41, 5.74) is 3.28. The molecule has 3 aromatic rings. The zero-order chi connectivity index (χ0) is 23.8. The quantitative estimate of drug-likeness (QED) is 0.566. The van der Waals surface area contributed by atoms with E-state index in [0.29, 0.717) is 5.56 Å². The maximum Gasteiger partial charge on any atom is 0.255 e. The predicted octanol–water partition coefficient (Wildman–Crippen LogP) is 4.30. The van der Waals surface area contributed by atoms with Gasteiger partial charge >= 0.3 is 0 Å². The van der Waals surface area contributed by atoms with E-state index in [2.05, 4.69) is 0 Å². The summed E-state index contributed by atoms with van der Waals surface area (Å²) < 4.78 is 28.9. The third kappa shape index (κ3) is 4.38. The Kier molecular flexibility index (Phi) is 6.28. The Morgan fingerprint density at radius 1 is 0.909 bits per heavy atom. The number of amides is 1. The molecule has 1 fully saturated rings. The van der Waals surface area contributed by atoms with Crippen LogP contribution in [0.5, 0.6) is 0 Å². The second kappa shape index (κ2) is 9.00. The first-order valence-electron chi connectivity index (χ1n) is 10.9. The van der Waals surface area contributed by atoms with Gasteiger partial charge in [-0.2, -0.15) is 4.31 Å². The van der Waals surface area contributed by atoms with Crippen LogP contribution >= 0.6 is 0 Å². The van der Waals surface area contributed by atoms with Gasteiger partial charge in [0.05, 0.1) is 4.90 Å². The summed E-state index contributed by atoms with van der Waals surface area (Å²) in [6.07, 6.45) is -0.741. The van der Waals surface area contributed by atoms with Crippen molar-refractivity contribution in [2.24, 2.45) is 0 Å². The summed E-state index contributed by atoms with van der Waals surface area (Å²) in [4.78, 5) is 17.5. The topological polar surface area (TPSA) is 60.9 Å². The van der Waals surface area contributed by atoms with Crippen molar-refractivity contribution >= 4 is 21.6 Å². The maximum atomic E-state index is 13.7. The van der Waals surface area contributed by atoms with Gasteiger partial charge in [-0.1, -0.05) is 48.0 Å². The van der Waals surface area contributed by atoms with E-state index in [1.54, 1.807) is 41.3 Å². The Morgan fingerprint density at radius 2 is 1.52 bits per heavy atom. The van der Waals surface area contributed by atoms with Crippen molar-refractivity contribution in [3.8, 4) is 0 Å². The van der Waals surface area contributed by atoms with E-state index in [9.17, 15) is 13.2 Å². The van der Waals surface area contributed by atoms with Crippen LogP contribution in [0.15, 0.2) is 83.8 Å². The lowest BCUT2D eigenvalue weighted by molar-refractivity contribution is 0.0640. The molecule has 0 aliphatic carbocycles. The zero-order valence-corrected chi connectivity index (χ0v) is 20.2. The number of anilines is 1. The lowest BCUT2D eigenvalue weighted by Gasteiger charge is -2.32. The summed E-state index contributed by atoms with van der Waals surface area (Å²) in [6, 6.07) is 23.3. The minimum Gasteiger partial charge on any atom is -0.378 e. The summed E-state index contributed by atoms with van der Waals surface area (Å²) in [5.74, 6) is -0.189. The van der Waals surface area contributed by atoms with Crippen LogP contribution in [0.3, 0.4) is 0 Å². The molecule has 172 valence electrons. The minimum absolute atomic E-state index is 0.189. The van der Waals surface area contributed by atoms with Gasteiger partial charge in [-0.05, 0) is 55.8 Å². The molecule has 0 unspecified atom stereocenters. The summed E-state index contributed by atoms with van der Waals surface area (Å²) in [7, 11) is 0.0691. The van der Waals surface area contributed by atoms with Gasteiger partial charge in [0.15, 0.2) is 0 Å². The van der Waals surface area contributed by atoms with E-state index < -0.39 is 16.2 Å². The maximum absolute atomic E-state index is 13.7. The van der Waals surface area contributed by atoms with E-state index in [1.807, 2.05) is 75.3 Å². The van der Waals surface area contributed by atoms with Crippen LogP contribution in [-0.4, -0.2) is 50.2 Å². The van der Waals surface area contributed by atoms with Gasteiger partial charge in [0.25, 0.3) is 5.91 Å². The molecule has 0 bridgehead atoms. The van der Waals surface area contributed by atoms with E-state index in [0.717, 1.165) is 16.8 Å². The Hall–Kier alpha value is -3.16. The fourth-order valence-corrected chi connectivity index (χ4v) is 5.86. The highest BCUT2D eigenvalue weighted by atomic mass is 32.2. The van der Waals surface area contributed by atoms with Gasteiger partial charge in [0.2, 0.25) is 10.0 Å². The Balaban J connectivity index is 1.81. The number of benzene rings is 3. The number of hydrogen-bond acceptors (Lipinski definition) is 4. The predicted molar refractivity (Wildman–Crippen MR) is 131 cm³/mol. The molecule has 1 heterocycles. The molecule has 1 amide bonds. The van der Waals surface area contributed by atoms with Crippen LogP contribution < -0.4 is 4.90 Å².